The predicted molar refractivity (Wildman–Crippen MR) is 78.7 cm³/mol. The Bertz CT molecular complexity index is 323. The molecule has 1 aliphatic rings. The summed E-state index contributed by atoms with van der Waals surface area (Å²) in [6, 6.07) is 10.9. The zero-order valence-electron chi connectivity index (χ0n) is 10.8. The maximum atomic E-state index is 4.00. The summed E-state index contributed by atoms with van der Waals surface area (Å²) in [7, 11) is 0. The molecule has 0 aromatic heterocycles. The minimum absolute atomic E-state index is 0.337. The van der Waals surface area contributed by atoms with Gasteiger partial charge in [0.05, 0.1) is 0 Å². The third kappa shape index (κ3) is 3.84. The third-order valence-corrected chi connectivity index (χ3v) is 5.25. The van der Waals surface area contributed by atoms with Gasteiger partial charge in [0.15, 0.2) is 0 Å². The van der Waals surface area contributed by atoms with Crippen molar-refractivity contribution in [3.8, 4) is 0 Å². The molecule has 2 rings (SSSR count). The van der Waals surface area contributed by atoms with Gasteiger partial charge in [-0.3, -0.25) is 0 Å². The van der Waals surface area contributed by atoms with Crippen molar-refractivity contribution in [3.63, 3.8) is 0 Å². The van der Waals surface area contributed by atoms with Crippen molar-refractivity contribution in [2.75, 3.05) is 0 Å². The Morgan fingerprint density at radius 2 is 1.76 bits per heavy atom. The maximum absolute atomic E-state index is 4.00. The molecule has 1 aromatic carbocycles. The SMILES string of the molecule is CC(Br)(CCc1ccccc1)C1CCCCC1. The molecule has 1 unspecified atom stereocenters. The van der Waals surface area contributed by atoms with Gasteiger partial charge in [-0.1, -0.05) is 65.5 Å². The Balaban J connectivity index is 1.88. The Morgan fingerprint density at radius 1 is 1.12 bits per heavy atom. The Labute approximate surface area is 114 Å². The summed E-state index contributed by atoms with van der Waals surface area (Å²) < 4.78 is 0.337. The summed E-state index contributed by atoms with van der Waals surface area (Å²) >= 11 is 4.00. The zero-order valence-corrected chi connectivity index (χ0v) is 12.4. The normalized spacial score (nSPS) is 21.1. The molecule has 0 amide bonds. The molecular formula is C16H23Br. The maximum Gasteiger partial charge on any atom is 0.0261 e. The van der Waals surface area contributed by atoms with Crippen molar-refractivity contribution in [2.45, 2.75) is 56.2 Å². The van der Waals surface area contributed by atoms with Crippen LogP contribution in [0.1, 0.15) is 51.0 Å². The van der Waals surface area contributed by atoms with Crippen LogP contribution in [0.25, 0.3) is 0 Å². The van der Waals surface area contributed by atoms with E-state index in [0.29, 0.717) is 4.32 Å². The molecule has 94 valence electrons. The lowest BCUT2D eigenvalue weighted by Crippen LogP contribution is -2.30. The highest BCUT2D eigenvalue weighted by Gasteiger charge is 2.31. The molecule has 1 aromatic rings. The number of rotatable bonds is 4. The van der Waals surface area contributed by atoms with Gasteiger partial charge in [0.25, 0.3) is 0 Å². The van der Waals surface area contributed by atoms with Crippen molar-refractivity contribution < 1.29 is 0 Å². The molecule has 17 heavy (non-hydrogen) atoms. The topological polar surface area (TPSA) is 0 Å². The molecule has 0 heterocycles. The fourth-order valence-electron chi connectivity index (χ4n) is 2.94. The lowest BCUT2D eigenvalue weighted by Gasteiger charge is -2.35. The van der Waals surface area contributed by atoms with E-state index in [1.165, 1.54) is 50.5 Å². The van der Waals surface area contributed by atoms with Crippen LogP contribution < -0.4 is 0 Å². The average Bonchev–Trinajstić information content (AvgIpc) is 2.39. The van der Waals surface area contributed by atoms with Gasteiger partial charge in [-0.15, -0.1) is 0 Å². The predicted octanol–water partition coefficient (Wildman–Crippen LogP) is 5.35. The third-order valence-electron chi connectivity index (χ3n) is 4.20. The van der Waals surface area contributed by atoms with Crippen molar-refractivity contribution in [1.82, 2.24) is 0 Å². The van der Waals surface area contributed by atoms with Gasteiger partial charge >= 0.3 is 0 Å². The molecule has 0 aliphatic heterocycles. The Kier molecular flexibility index (Phi) is 4.67. The van der Waals surface area contributed by atoms with E-state index < -0.39 is 0 Å². The van der Waals surface area contributed by atoms with E-state index in [1.807, 2.05) is 0 Å². The molecule has 1 saturated carbocycles. The average molecular weight is 295 g/mol. The van der Waals surface area contributed by atoms with Crippen LogP contribution >= 0.6 is 15.9 Å². The van der Waals surface area contributed by atoms with Crippen LogP contribution in [-0.2, 0) is 6.42 Å². The smallest absolute Gasteiger partial charge is 0.0261 e. The van der Waals surface area contributed by atoms with E-state index in [2.05, 4.69) is 53.2 Å². The van der Waals surface area contributed by atoms with Gasteiger partial charge in [-0.25, -0.2) is 0 Å². The Hall–Kier alpha value is -0.300. The fraction of sp³-hybridized carbons (Fsp3) is 0.625. The van der Waals surface area contributed by atoms with Crippen molar-refractivity contribution >= 4 is 15.9 Å². The Morgan fingerprint density at radius 3 is 2.41 bits per heavy atom. The summed E-state index contributed by atoms with van der Waals surface area (Å²) in [4.78, 5) is 0. The number of halogens is 1. The number of alkyl halides is 1. The highest BCUT2D eigenvalue weighted by atomic mass is 79.9. The second kappa shape index (κ2) is 6.04. The fourth-order valence-corrected chi connectivity index (χ4v) is 3.60. The first kappa shape index (κ1) is 13.1. The van der Waals surface area contributed by atoms with Crippen molar-refractivity contribution in [2.24, 2.45) is 5.92 Å². The molecule has 0 nitrogen and oxygen atoms in total. The van der Waals surface area contributed by atoms with E-state index in [1.54, 1.807) is 0 Å². The van der Waals surface area contributed by atoms with Crippen LogP contribution in [0.15, 0.2) is 30.3 Å². The van der Waals surface area contributed by atoms with E-state index >= 15 is 0 Å². The quantitative estimate of drug-likeness (QED) is 0.657. The molecule has 0 radical (unpaired) electrons. The van der Waals surface area contributed by atoms with Crippen LogP contribution in [0.4, 0.5) is 0 Å². The highest BCUT2D eigenvalue weighted by Crippen LogP contribution is 2.41. The molecule has 0 spiro atoms. The molecule has 1 fully saturated rings. The zero-order chi connectivity index (χ0) is 12.1. The van der Waals surface area contributed by atoms with Crippen LogP contribution in [0, 0.1) is 5.92 Å². The number of benzene rings is 1. The van der Waals surface area contributed by atoms with Crippen LogP contribution in [0.5, 0.6) is 0 Å². The summed E-state index contributed by atoms with van der Waals surface area (Å²) in [5.74, 6) is 0.875. The first-order valence-corrected chi connectivity index (χ1v) is 7.70. The minimum Gasteiger partial charge on any atom is -0.0853 e. The number of hydrogen-bond donors (Lipinski definition) is 0. The molecule has 1 heteroatoms. The highest BCUT2D eigenvalue weighted by molar-refractivity contribution is 9.10. The van der Waals surface area contributed by atoms with Gasteiger partial charge in [0, 0.05) is 4.32 Å². The molecule has 1 aliphatic carbocycles. The van der Waals surface area contributed by atoms with Gasteiger partial charge in [-0.05, 0) is 44.1 Å². The van der Waals surface area contributed by atoms with E-state index in [4.69, 9.17) is 0 Å². The monoisotopic (exact) mass is 294 g/mol. The second-order valence-electron chi connectivity index (χ2n) is 5.60. The largest absolute Gasteiger partial charge is 0.0853 e. The van der Waals surface area contributed by atoms with Crippen LogP contribution in [0.3, 0.4) is 0 Å². The van der Waals surface area contributed by atoms with Crippen LogP contribution in [-0.4, -0.2) is 4.32 Å². The molecule has 0 bridgehead atoms. The lowest BCUT2D eigenvalue weighted by atomic mass is 9.78. The van der Waals surface area contributed by atoms with Crippen molar-refractivity contribution in [3.05, 3.63) is 35.9 Å². The number of hydrogen-bond acceptors (Lipinski definition) is 0. The second-order valence-corrected chi connectivity index (χ2v) is 7.41. The van der Waals surface area contributed by atoms with Crippen molar-refractivity contribution in [1.29, 1.82) is 0 Å². The summed E-state index contributed by atoms with van der Waals surface area (Å²) in [6.45, 7) is 2.39. The van der Waals surface area contributed by atoms with E-state index in [9.17, 15) is 0 Å². The van der Waals surface area contributed by atoms with E-state index in [0.717, 1.165) is 5.92 Å². The van der Waals surface area contributed by atoms with E-state index in [-0.39, 0.29) is 0 Å². The van der Waals surface area contributed by atoms with Gasteiger partial charge < -0.3 is 0 Å². The molecule has 0 saturated heterocycles. The van der Waals surface area contributed by atoms with Gasteiger partial charge in [0.2, 0.25) is 0 Å². The summed E-state index contributed by atoms with van der Waals surface area (Å²) in [5, 5.41) is 0. The molecule has 0 N–H and O–H groups in total. The first-order valence-electron chi connectivity index (χ1n) is 6.91. The summed E-state index contributed by atoms with van der Waals surface area (Å²) in [6.07, 6.45) is 9.57. The van der Waals surface area contributed by atoms with Crippen LogP contribution in [0.2, 0.25) is 0 Å². The first-order chi connectivity index (χ1) is 8.18. The van der Waals surface area contributed by atoms with Gasteiger partial charge in [-0.2, -0.15) is 0 Å². The molecular weight excluding hydrogens is 272 g/mol. The van der Waals surface area contributed by atoms with Gasteiger partial charge in [0.1, 0.15) is 0 Å². The molecule has 1 atom stereocenters. The number of aryl methyl sites for hydroxylation is 1. The minimum atomic E-state index is 0.337. The standard InChI is InChI=1S/C16H23Br/c1-16(17,15-10-6-3-7-11-15)13-12-14-8-4-2-5-9-14/h2,4-5,8-9,15H,3,6-7,10-13H2,1H3. The lowest BCUT2D eigenvalue weighted by molar-refractivity contribution is 0.285. The summed E-state index contributed by atoms with van der Waals surface area (Å²) in [5.41, 5.74) is 1.47.